The predicted octanol–water partition coefficient (Wildman–Crippen LogP) is 1.02. The topological polar surface area (TPSA) is 83.1 Å². The molecule has 0 saturated carbocycles. The maximum Gasteiger partial charge on any atom is 0.905 e. The quantitative estimate of drug-likeness (QED) is 0.569. The van der Waals surface area contributed by atoms with Crippen LogP contribution in [0.2, 0.25) is 0 Å². The summed E-state index contributed by atoms with van der Waals surface area (Å²) in [7, 11) is -3.17. The van der Waals surface area contributed by atoms with Crippen molar-refractivity contribution < 1.29 is 38.5 Å². The van der Waals surface area contributed by atoms with E-state index in [9.17, 15) is 0 Å². The number of ether oxygens (including phenoxy) is 2. The van der Waals surface area contributed by atoms with Crippen LogP contribution in [0.4, 0.5) is 0 Å². The maximum absolute atomic E-state index is 5.80. The Kier molecular flexibility index (Phi) is 15.4. The average Bonchev–Trinajstić information content (AvgIpc) is 2.63. The third kappa shape index (κ3) is 11.3. The highest BCUT2D eigenvalue weighted by Crippen LogP contribution is 2.12. The summed E-state index contributed by atoms with van der Waals surface area (Å²) < 4.78 is 51.0. The summed E-state index contributed by atoms with van der Waals surface area (Å²) >= 11 is -2.14. The van der Waals surface area contributed by atoms with E-state index in [1.54, 1.807) is 0 Å². The molecule has 0 atom stereocenters. The molecule has 11 heteroatoms. The van der Waals surface area contributed by atoms with Crippen LogP contribution >= 0.6 is 0 Å². The Morgan fingerprint density at radius 1 is 0.731 bits per heavy atom. The van der Waals surface area contributed by atoms with Crippen LogP contribution in [0.1, 0.15) is 27.2 Å². The monoisotopic (exact) mass is 412 g/mol. The standard InChI is InChI=1S/C12H26O8Si.C3H7O.Al/c1-3-17-21(18-4-2,19-11-9-15-7-5-13)20-12-10-16-8-6-14;1-2-3-4;/h3-12H2,1-2H3;2-3H2,1H3;/q-2;-1;+3. The zero-order valence-corrected chi connectivity index (χ0v) is 18.4. The minimum atomic E-state index is -3.17. The van der Waals surface area contributed by atoms with Gasteiger partial charge < -0.3 is 38.5 Å². The molecular formula is C15H33AlO9Si. The van der Waals surface area contributed by atoms with Gasteiger partial charge >= 0.3 is 24.2 Å². The van der Waals surface area contributed by atoms with E-state index in [2.05, 4.69) is 0 Å². The first-order valence-corrected chi connectivity index (χ1v) is 12.4. The molecule has 0 spiro atoms. The molecule has 1 aliphatic heterocycles. The second-order valence-corrected chi connectivity index (χ2v) is 8.92. The van der Waals surface area contributed by atoms with Gasteiger partial charge in [-0.3, -0.25) is 0 Å². The van der Waals surface area contributed by atoms with Gasteiger partial charge in [-0.1, -0.05) is 6.92 Å². The SMILES string of the molecule is CCC[O][Al]1[O]CCOCCO[Si](OCC)(OCC)OCCOCC[O]1. The van der Waals surface area contributed by atoms with Gasteiger partial charge in [0.1, 0.15) is 0 Å². The Bertz CT molecular complexity index is 301. The average molecular weight is 412 g/mol. The molecular weight excluding hydrogens is 379 g/mol. The molecule has 1 heterocycles. The van der Waals surface area contributed by atoms with Crippen molar-refractivity contribution in [2.75, 3.05) is 72.7 Å². The van der Waals surface area contributed by atoms with Crippen molar-refractivity contribution in [3.8, 4) is 0 Å². The fraction of sp³-hybridized carbons (Fsp3) is 1.00. The smallest absolute Gasteiger partial charge is 0.454 e. The first-order chi connectivity index (χ1) is 12.8. The Labute approximate surface area is 163 Å². The van der Waals surface area contributed by atoms with Gasteiger partial charge in [-0.25, -0.2) is 0 Å². The molecule has 0 N–H and O–H groups in total. The van der Waals surface area contributed by atoms with Crippen LogP contribution in [0.25, 0.3) is 0 Å². The van der Waals surface area contributed by atoms with Crippen molar-refractivity contribution in [1.82, 2.24) is 0 Å². The highest BCUT2D eigenvalue weighted by atomic mass is 28.4. The lowest BCUT2D eigenvalue weighted by atomic mass is 10.5. The molecule has 1 fully saturated rings. The molecule has 0 unspecified atom stereocenters. The molecule has 154 valence electrons. The maximum atomic E-state index is 5.80. The van der Waals surface area contributed by atoms with E-state index < -0.39 is 24.2 Å². The Balaban J connectivity index is 2.49. The Hall–Kier alpha value is 0.389. The van der Waals surface area contributed by atoms with Gasteiger partial charge in [0.05, 0.1) is 39.6 Å². The van der Waals surface area contributed by atoms with Crippen LogP contribution < -0.4 is 0 Å². The molecule has 0 bridgehead atoms. The van der Waals surface area contributed by atoms with Crippen molar-refractivity contribution in [1.29, 1.82) is 0 Å². The van der Waals surface area contributed by atoms with E-state index in [1.807, 2.05) is 20.8 Å². The van der Waals surface area contributed by atoms with Gasteiger partial charge in [0, 0.05) is 33.0 Å². The molecule has 0 aromatic heterocycles. The summed E-state index contributed by atoms with van der Waals surface area (Å²) in [5.41, 5.74) is 0. The summed E-state index contributed by atoms with van der Waals surface area (Å²) in [6, 6.07) is 0. The first-order valence-electron chi connectivity index (χ1n) is 9.32. The van der Waals surface area contributed by atoms with E-state index in [0.717, 1.165) is 6.42 Å². The van der Waals surface area contributed by atoms with E-state index in [4.69, 9.17) is 38.5 Å². The van der Waals surface area contributed by atoms with Crippen molar-refractivity contribution in [2.24, 2.45) is 0 Å². The third-order valence-electron chi connectivity index (χ3n) is 3.08. The molecule has 1 aliphatic rings. The van der Waals surface area contributed by atoms with Crippen LogP contribution in [0.5, 0.6) is 0 Å². The number of hydrogen-bond acceptors (Lipinski definition) is 9. The molecule has 0 aromatic carbocycles. The fourth-order valence-corrected chi connectivity index (χ4v) is 5.19. The van der Waals surface area contributed by atoms with Gasteiger partial charge in [-0.15, -0.1) is 0 Å². The third-order valence-corrected chi connectivity index (χ3v) is 7.00. The largest absolute Gasteiger partial charge is 0.905 e. The molecule has 9 nitrogen and oxygen atoms in total. The summed E-state index contributed by atoms with van der Waals surface area (Å²) in [5.74, 6) is 0. The highest BCUT2D eigenvalue weighted by Gasteiger charge is 2.45. The Morgan fingerprint density at radius 2 is 1.23 bits per heavy atom. The lowest BCUT2D eigenvalue weighted by Gasteiger charge is -2.27. The normalized spacial score (nSPS) is 21.6. The predicted molar refractivity (Wildman–Crippen MR) is 96.4 cm³/mol. The molecule has 26 heavy (non-hydrogen) atoms. The van der Waals surface area contributed by atoms with Crippen molar-refractivity contribution in [3.05, 3.63) is 0 Å². The molecule has 0 aliphatic carbocycles. The van der Waals surface area contributed by atoms with Crippen LogP contribution in [0, 0.1) is 0 Å². The van der Waals surface area contributed by atoms with Crippen LogP contribution in [0.3, 0.4) is 0 Å². The van der Waals surface area contributed by atoms with E-state index in [-0.39, 0.29) is 0 Å². The zero-order valence-electron chi connectivity index (χ0n) is 16.2. The first kappa shape index (κ1) is 24.4. The number of hydrogen-bond donors (Lipinski definition) is 0. The highest BCUT2D eigenvalue weighted by molar-refractivity contribution is 6.53. The molecule has 1 saturated heterocycles. The van der Waals surface area contributed by atoms with Gasteiger partial charge in [0.2, 0.25) is 0 Å². The molecule has 1 rings (SSSR count). The van der Waals surface area contributed by atoms with Gasteiger partial charge in [0.15, 0.2) is 0 Å². The number of rotatable bonds is 7. The molecule has 0 aromatic rings. The van der Waals surface area contributed by atoms with E-state index in [0.29, 0.717) is 72.7 Å². The molecule has 0 radical (unpaired) electrons. The lowest BCUT2D eigenvalue weighted by molar-refractivity contribution is -0.0558. The fourth-order valence-electron chi connectivity index (χ4n) is 2.02. The summed E-state index contributed by atoms with van der Waals surface area (Å²) in [6.45, 7) is 10.4. The summed E-state index contributed by atoms with van der Waals surface area (Å²) in [4.78, 5) is 0. The second kappa shape index (κ2) is 16.4. The van der Waals surface area contributed by atoms with Gasteiger partial charge in [-0.2, -0.15) is 0 Å². The van der Waals surface area contributed by atoms with Crippen LogP contribution in [-0.2, 0) is 38.5 Å². The zero-order chi connectivity index (χ0) is 18.9. The summed E-state index contributed by atoms with van der Waals surface area (Å²) in [5, 5.41) is 0. The lowest BCUT2D eigenvalue weighted by Crippen LogP contribution is -2.50. The minimum Gasteiger partial charge on any atom is -0.454 e. The van der Waals surface area contributed by atoms with Crippen LogP contribution in [-0.4, -0.2) is 96.9 Å². The van der Waals surface area contributed by atoms with Gasteiger partial charge in [-0.05, 0) is 20.3 Å². The molecule has 0 amide bonds. The van der Waals surface area contributed by atoms with E-state index >= 15 is 0 Å². The summed E-state index contributed by atoms with van der Waals surface area (Å²) in [6.07, 6.45) is 0.920. The second-order valence-electron chi connectivity index (χ2n) is 5.19. The van der Waals surface area contributed by atoms with Gasteiger partial charge in [0.25, 0.3) is 0 Å². The van der Waals surface area contributed by atoms with Crippen LogP contribution in [0.15, 0.2) is 0 Å². The van der Waals surface area contributed by atoms with Crippen molar-refractivity contribution in [2.45, 2.75) is 27.2 Å². The Morgan fingerprint density at radius 3 is 1.69 bits per heavy atom. The van der Waals surface area contributed by atoms with E-state index in [1.165, 1.54) is 0 Å². The van der Waals surface area contributed by atoms with Crippen molar-refractivity contribution >= 4 is 24.2 Å². The van der Waals surface area contributed by atoms with Crippen molar-refractivity contribution in [3.63, 3.8) is 0 Å². The minimum absolute atomic E-state index is 0.316.